The van der Waals surface area contributed by atoms with Crippen molar-refractivity contribution in [2.45, 2.75) is 37.1 Å². The molecule has 1 aliphatic heterocycles. The van der Waals surface area contributed by atoms with Crippen molar-refractivity contribution in [1.29, 1.82) is 0 Å². The number of fused-ring (bicyclic) bond motifs is 1. The summed E-state index contributed by atoms with van der Waals surface area (Å²) in [5.74, 6) is -1.76. The lowest BCUT2D eigenvalue weighted by Gasteiger charge is -2.24. The zero-order valence-electron chi connectivity index (χ0n) is 15.2. The number of nitrogens with zero attached hydrogens (tertiary/aromatic N) is 1. The van der Waals surface area contributed by atoms with Gasteiger partial charge in [-0.1, -0.05) is 12.5 Å². The second-order valence-corrected chi connectivity index (χ2v) is 9.55. The Labute approximate surface area is 157 Å². The maximum atomic E-state index is 14.1. The molecule has 0 aromatic heterocycles. The van der Waals surface area contributed by atoms with E-state index in [1.165, 1.54) is 17.0 Å². The molecule has 27 heavy (non-hydrogen) atoms. The molecule has 2 fully saturated rings. The third-order valence-corrected chi connectivity index (χ3v) is 6.91. The van der Waals surface area contributed by atoms with Gasteiger partial charge in [0, 0.05) is 19.3 Å². The molecule has 7 nitrogen and oxygen atoms in total. The first-order valence-corrected chi connectivity index (χ1v) is 10.7. The maximum Gasteiger partial charge on any atom is 0.317 e. The molecular weight excluding hydrogens is 375 g/mol. The van der Waals surface area contributed by atoms with Crippen LogP contribution in [0, 0.1) is 17.2 Å². The van der Waals surface area contributed by atoms with Crippen LogP contribution in [0.4, 0.5) is 9.18 Å². The number of carbonyl (C=O) groups is 2. The van der Waals surface area contributed by atoms with Crippen LogP contribution in [0.25, 0.3) is 0 Å². The minimum Gasteiger partial charge on any atom is -0.481 e. The molecule has 1 unspecified atom stereocenters. The molecule has 3 rings (SSSR count). The summed E-state index contributed by atoms with van der Waals surface area (Å²) in [5.41, 5.74) is -0.426. The third kappa shape index (κ3) is 3.52. The number of nitrogens with one attached hydrogen (secondary N) is 1. The Bertz CT molecular complexity index is 888. The molecule has 148 valence electrons. The number of carbonyl (C=O) groups excluding carboxylic acids is 1. The van der Waals surface area contributed by atoms with Gasteiger partial charge in [0.2, 0.25) is 0 Å². The van der Waals surface area contributed by atoms with Gasteiger partial charge in [-0.2, -0.15) is 0 Å². The number of likely N-dealkylation sites (tertiary alicyclic amines) is 1. The fraction of sp³-hybridized carbons (Fsp3) is 0.556. The standard InChI is InChI=1S/C18H23FN2O5S/c1-11(12-5-6-15(14(19)8-12)27(2,25)26)20-17(24)21-9-13-4-3-7-18(13,10-21)16(22)23/h5-6,8,11,13H,3-4,7,9-10H2,1-2H3,(H,20,24)(H,22,23)/t11?,13-,18+/m0/s1. The molecule has 0 radical (unpaired) electrons. The van der Waals surface area contributed by atoms with Crippen LogP contribution in [0.5, 0.6) is 0 Å². The van der Waals surface area contributed by atoms with E-state index >= 15 is 0 Å². The Kier molecular flexibility index (Phi) is 4.92. The molecule has 9 heteroatoms. The molecule has 3 atom stereocenters. The molecule has 1 heterocycles. The van der Waals surface area contributed by atoms with Crippen molar-refractivity contribution in [1.82, 2.24) is 10.2 Å². The lowest BCUT2D eigenvalue weighted by molar-refractivity contribution is -0.149. The van der Waals surface area contributed by atoms with Gasteiger partial charge in [0.15, 0.2) is 9.84 Å². The Balaban J connectivity index is 1.70. The van der Waals surface area contributed by atoms with Gasteiger partial charge in [-0.25, -0.2) is 17.6 Å². The van der Waals surface area contributed by atoms with Gasteiger partial charge in [-0.15, -0.1) is 0 Å². The van der Waals surface area contributed by atoms with Crippen molar-refractivity contribution in [2.24, 2.45) is 11.3 Å². The Morgan fingerprint density at radius 2 is 2.11 bits per heavy atom. The topological polar surface area (TPSA) is 104 Å². The molecule has 1 saturated carbocycles. The van der Waals surface area contributed by atoms with Gasteiger partial charge in [0.1, 0.15) is 10.7 Å². The van der Waals surface area contributed by atoms with Crippen LogP contribution >= 0.6 is 0 Å². The van der Waals surface area contributed by atoms with Gasteiger partial charge >= 0.3 is 12.0 Å². The van der Waals surface area contributed by atoms with Gasteiger partial charge in [-0.05, 0) is 43.4 Å². The average Bonchev–Trinajstić information content (AvgIpc) is 3.11. The molecule has 1 aromatic rings. The molecule has 0 bridgehead atoms. The number of benzene rings is 1. The lowest BCUT2D eigenvalue weighted by atomic mass is 9.81. The highest BCUT2D eigenvalue weighted by Gasteiger charge is 2.55. The van der Waals surface area contributed by atoms with E-state index in [0.717, 1.165) is 25.2 Å². The zero-order chi connectivity index (χ0) is 20.0. The minimum absolute atomic E-state index is 0.0393. The SMILES string of the molecule is CC(NC(=O)N1C[C@@H]2CCC[C@@]2(C(=O)O)C1)c1ccc(S(C)(=O)=O)c(F)c1. The summed E-state index contributed by atoms with van der Waals surface area (Å²) in [4.78, 5) is 25.4. The van der Waals surface area contributed by atoms with E-state index in [4.69, 9.17) is 0 Å². The van der Waals surface area contributed by atoms with Crippen molar-refractivity contribution in [3.8, 4) is 0 Å². The number of carboxylic acids is 1. The van der Waals surface area contributed by atoms with Gasteiger partial charge in [-0.3, -0.25) is 4.79 Å². The number of halogens is 1. The van der Waals surface area contributed by atoms with Gasteiger partial charge < -0.3 is 15.3 Å². The normalized spacial score (nSPS) is 25.9. The molecule has 2 aliphatic rings. The second kappa shape index (κ2) is 6.78. The number of rotatable bonds is 4. The smallest absolute Gasteiger partial charge is 0.317 e. The van der Waals surface area contributed by atoms with Crippen LogP contribution in [0.3, 0.4) is 0 Å². The van der Waals surface area contributed by atoms with E-state index in [-0.39, 0.29) is 17.4 Å². The molecule has 1 aromatic carbocycles. The van der Waals surface area contributed by atoms with E-state index in [9.17, 15) is 27.5 Å². The quantitative estimate of drug-likeness (QED) is 0.809. The summed E-state index contributed by atoms with van der Waals surface area (Å²) in [6.07, 6.45) is 3.15. The van der Waals surface area contributed by atoms with Gasteiger partial charge in [0.05, 0.1) is 11.5 Å². The molecule has 0 spiro atoms. The van der Waals surface area contributed by atoms with Crippen LogP contribution in [0.2, 0.25) is 0 Å². The van der Waals surface area contributed by atoms with Crippen LogP contribution in [-0.4, -0.2) is 49.8 Å². The van der Waals surface area contributed by atoms with Crippen molar-refractivity contribution in [3.05, 3.63) is 29.6 Å². The molecule has 2 amide bonds. The molecule has 2 N–H and O–H groups in total. The summed E-state index contributed by atoms with van der Waals surface area (Å²) in [6.45, 7) is 2.23. The predicted octanol–water partition coefficient (Wildman–Crippen LogP) is 2.19. The fourth-order valence-electron chi connectivity index (χ4n) is 4.24. The first-order chi connectivity index (χ1) is 12.5. The number of carboxylic acid groups (broad SMARTS) is 1. The zero-order valence-corrected chi connectivity index (χ0v) is 16.1. The largest absolute Gasteiger partial charge is 0.481 e. The average molecular weight is 398 g/mol. The number of urea groups is 1. The Hall–Kier alpha value is -2.16. The third-order valence-electron chi connectivity index (χ3n) is 5.78. The summed E-state index contributed by atoms with van der Waals surface area (Å²) in [7, 11) is -3.66. The van der Waals surface area contributed by atoms with Crippen LogP contribution in [0.15, 0.2) is 23.1 Å². The Morgan fingerprint density at radius 3 is 2.67 bits per heavy atom. The van der Waals surface area contributed by atoms with Crippen molar-refractivity contribution >= 4 is 21.8 Å². The molecule has 1 saturated heterocycles. The van der Waals surface area contributed by atoms with Crippen LogP contribution in [-0.2, 0) is 14.6 Å². The highest BCUT2D eigenvalue weighted by molar-refractivity contribution is 7.90. The van der Waals surface area contributed by atoms with Crippen LogP contribution in [0.1, 0.15) is 37.8 Å². The van der Waals surface area contributed by atoms with Crippen molar-refractivity contribution in [3.63, 3.8) is 0 Å². The first kappa shape index (κ1) is 19.6. The Morgan fingerprint density at radius 1 is 1.41 bits per heavy atom. The monoisotopic (exact) mass is 398 g/mol. The minimum atomic E-state index is -3.66. The summed E-state index contributed by atoms with van der Waals surface area (Å²) in [6, 6.07) is 2.79. The summed E-state index contributed by atoms with van der Waals surface area (Å²) >= 11 is 0. The summed E-state index contributed by atoms with van der Waals surface area (Å²) < 4.78 is 37.1. The number of hydrogen-bond acceptors (Lipinski definition) is 4. The highest BCUT2D eigenvalue weighted by atomic mass is 32.2. The fourth-order valence-corrected chi connectivity index (χ4v) is 4.97. The number of hydrogen-bond donors (Lipinski definition) is 2. The first-order valence-electron chi connectivity index (χ1n) is 8.83. The van der Waals surface area contributed by atoms with E-state index < -0.39 is 39.1 Å². The molecular formula is C18H23FN2O5S. The maximum absolute atomic E-state index is 14.1. The number of aliphatic carboxylic acids is 1. The van der Waals surface area contributed by atoms with Crippen molar-refractivity contribution in [2.75, 3.05) is 19.3 Å². The summed E-state index contributed by atoms with van der Waals surface area (Å²) in [5, 5.41) is 12.4. The van der Waals surface area contributed by atoms with E-state index in [0.29, 0.717) is 18.5 Å². The van der Waals surface area contributed by atoms with Crippen LogP contribution < -0.4 is 5.32 Å². The highest BCUT2D eigenvalue weighted by Crippen LogP contribution is 2.48. The number of amides is 2. The van der Waals surface area contributed by atoms with E-state index in [1.54, 1.807) is 6.92 Å². The second-order valence-electron chi connectivity index (χ2n) is 7.56. The van der Waals surface area contributed by atoms with Crippen molar-refractivity contribution < 1.29 is 27.5 Å². The molecule has 1 aliphatic carbocycles. The lowest BCUT2D eigenvalue weighted by Crippen LogP contribution is -2.42. The predicted molar refractivity (Wildman–Crippen MR) is 95.4 cm³/mol. The van der Waals surface area contributed by atoms with E-state index in [1.807, 2.05) is 0 Å². The van der Waals surface area contributed by atoms with E-state index in [2.05, 4.69) is 5.32 Å². The van der Waals surface area contributed by atoms with Gasteiger partial charge in [0.25, 0.3) is 0 Å². The number of sulfone groups is 1.